The number of benzene rings is 1. The summed E-state index contributed by atoms with van der Waals surface area (Å²) in [6.45, 7) is -0.253. The number of pyridine rings is 1. The first-order valence-electron chi connectivity index (χ1n) is 7.80. The van der Waals surface area contributed by atoms with Crippen molar-refractivity contribution >= 4 is 11.4 Å². The number of aromatic nitrogens is 4. The quantitative estimate of drug-likeness (QED) is 0.523. The Bertz CT molecular complexity index is 1110. The molecule has 0 saturated carbocycles. The minimum Gasteiger partial charge on any atom is -0.390 e. The molecule has 4 rings (SSSR count). The predicted octanol–water partition coefficient (Wildman–Crippen LogP) is 2.12. The predicted molar refractivity (Wildman–Crippen MR) is 92.6 cm³/mol. The van der Waals surface area contributed by atoms with E-state index >= 15 is 0 Å². The molecule has 0 bridgehead atoms. The van der Waals surface area contributed by atoms with Gasteiger partial charge in [-0.05, 0) is 42.0 Å². The molecule has 0 aliphatic heterocycles. The summed E-state index contributed by atoms with van der Waals surface area (Å²) in [7, 11) is 0. The molecule has 7 nitrogen and oxygen atoms in total. The summed E-state index contributed by atoms with van der Waals surface area (Å²) in [5, 5.41) is 20.8. The third-order valence-electron chi connectivity index (χ3n) is 4.19. The fourth-order valence-corrected chi connectivity index (χ4v) is 2.95. The van der Waals surface area contributed by atoms with E-state index in [0.29, 0.717) is 33.6 Å². The molecule has 0 aliphatic rings. The standard InChI is InChI=1S/C18H14FN5O2/c19-12-3-1-10(2-4-12)17-16(14(9-25)22-23-17)11-5-6-24-15(7-11)13(8-21-24)18(20)26/h1-8,25H,9H2,(H2,20,26)(H,22,23). The Hall–Kier alpha value is -3.52. The van der Waals surface area contributed by atoms with Gasteiger partial charge in [-0.25, -0.2) is 8.91 Å². The van der Waals surface area contributed by atoms with Crippen LogP contribution in [0.4, 0.5) is 4.39 Å². The minimum atomic E-state index is -0.578. The number of aliphatic hydroxyl groups excluding tert-OH is 1. The van der Waals surface area contributed by atoms with Crippen molar-refractivity contribution in [2.75, 3.05) is 0 Å². The lowest BCUT2D eigenvalue weighted by atomic mass is 9.99. The number of halogens is 1. The molecule has 130 valence electrons. The Morgan fingerprint density at radius 2 is 2.00 bits per heavy atom. The van der Waals surface area contributed by atoms with Gasteiger partial charge in [-0.15, -0.1) is 0 Å². The molecule has 0 atom stereocenters. The van der Waals surface area contributed by atoms with E-state index in [0.717, 1.165) is 5.56 Å². The Balaban J connectivity index is 1.93. The van der Waals surface area contributed by atoms with E-state index in [4.69, 9.17) is 5.73 Å². The monoisotopic (exact) mass is 351 g/mol. The lowest BCUT2D eigenvalue weighted by Crippen LogP contribution is -2.10. The fourth-order valence-electron chi connectivity index (χ4n) is 2.95. The van der Waals surface area contributed by atoms with Crippen molar-refractivity contribution in [3.8, 4) is 22.4 Å². The smallest absolute Gasteiger partial charge is 0.252 e. The Morgan fingerprint density at radius 3 is 2.69 bits per heavy atom. The van der Waals surface area contributed by atoms with Gasteiger partial charge in [0.25, 0.3) is 5.91 Å². The second kappa shape index (κ2) is 6.08. The number of carbonyl (C=O) groups is 1. The summed E-state index contributed by atoms with van der Waals surface area (Å²) in [6, 6.07) is 9.46. The van der Waals surface area contributed by atoms with Crippen molar-refractivity contribution < 1.29 is 14.3 Å². The number of primary amides is 1. The first-order valence-corrected chi connectivity index (χ1v) is 7.80. The lowest BCUT2D eigenvalue weighted by molar-refractivity contribution is 0.100. The van der Waals surface area contributed by atoms with Gasteiger partial charge >= 0.3 is 0 Å². The van der Waals surface area contributed by atoms with Gasteiger partial charge in [0.15, 0.2) is 0 Å². The maximum absolute atomic E-state index is 13.2. The van der Waals surface area contributed by atoms with Crippen LogP contribution in [0.15, 0.2) is 48.8 Å². The summed E-state index contributed by atoms with van der Waals surface area (Å²) >= 11 is 0. The topological polar surface area (TPSA) is 109 Å². The number of fused-ring (bicyclic) bond motifs is 1. The summed E-state index contributed by atoms with van der Waals surface area (Å²) in [4.78, 5) is 11.6. The number of nitrogens with one attached hydrogen (secondary N) is 1. The van der Waals surface area contributed by atoms with Crippen molar-refractivity contribution in [2.24, 2.45) is 5.73 Å². The summed E-state index contributed by atoms with van der Waals surface area (Å²) in [5.41, 5.74) is 9.40. The minimum absolute atomic E-state index is 0.253. The van der Waals surface area contributed by atoms with E-state index in [1.54, 1.807) is 35.0 Å². The van der Waals surface area contributed by atoms with Crippen molar-refractivity contribution in [1.29, 1.82) is 0 Å². The summed E-state index contributed by atoms with van der Waals surface area (Å²) < 4.78 is 14.8. The molecule has 8 heteroatoms. The molecule has 1 amide bonds. The van der Waals surface area contributed by atoms with Gasteiger partial charge in [0.05, 0.1) is 29.6 Å². The van der Waals surface area contributed by atoms with E-state index < -0.39 is 5.91 Å². The zero-order chi connectivity index (χ0) is 18.3. The molecular formula is C18H14FN5O2. The van der Waals surface area contributed by atoms with Crippen LogP contribution in [0.3, 0.4) is 0 Å². The molecule has 3 aromatic heterocycles. The molecule has 0 aliphatic carbocycles. The molecule has 0 fully saturated rings. The molecule has 4 N–H and O–H groups in total. The molecule has 0 unspecified atom stereocenters. The van der Waals surface area contributed by atoms with Crippen molar-refractivity contribution in [1.82, 2.24) is 19.8 Å². The highest BCUT2D eigenvalue weighted by molar-refractivity contribution is 6.00. The number of hydrogen-bond donors (Lipinski definition) is 3. The molecule has 0 radical (unpaired) electrons. The maximum Gasteiger partial charge on any atom is 0.252 e. The molecule has 0 spiro atoms. The third kappa shape index (κ3) is 2.52. The van der Waals surface area contributed by atoms with Gasteiger partial charge in [-0.2, -0.15) is 10.2 Å². The zero-order valence-electron chi connectivity index (χ0n) is 13.5. The van der Waals surface area contributed by atoms with Crippen LogP contribution in [0.1, 0.15) is 16.1 Å². The van der Waals surface area contributed by atoms with Crippen LogP contribution in [0.25, 0.3) is 27.9 Å². The molecule has 4 aromatic rings. The Labute approximate surface area is 146 Å². The van der Waals surface area contributed by atoms with Crippen LogP contribution in [-0.4, -0.2) is 30.8 Å². The Morgan fingerprint density at radius 1 is 1.23 bits per heavy atom. The number of aliphatic hydroxyl groups is 1. The second-order valence-electron chi connectivity index (χ2n) is 5.76. The van der Waals surface area contributed by atoms with Crippen LogP contribution < -0.4 is 5.73 Å². The van der Waals surface area contributed by atoms with Gasteiger partial charge in [0, 0.05) is 17.3 Å². The van der Waals surface area contributed by atoms with Crippen molar-refractivity contribution in [3.05, 3.63) is 65.9 Å². The first-order chi connectivity index (χ1) is 12.6. The average molecular weight is 351 g/mol. The summed E-state index contributed by atoms with van der Waals surface area (Å²) in [5.74, 6) is -0.925. The number of nitrogens with two attached hydrogens (primary N) is 1. The van der Waals surface area contributed by atoms with Crippen molar-refractivity contribution in [3.63, 3.8) is 0 Å². The SMILES string of the molecule is NC(=O)c1cnn2ccc(-c3c(-c4ccc(F)cc4)n[nH]c3CO)cc12. The Kier molecular flexibility index (Phi) is 3.74. The normalized spacial score (nSPS) is 11.2. The molecular weight excluding hydrogens is 337 g/mol. The van der Waals surface area contributed by atoms with Crippen LogP contribution in [-0.2, 0) is 6.61 Å². The number of amides is 1. The number of rotatable bonds is 4. The van der Waals surface area contributed by atoms with Crippen LogP contribution >= 0.6 is 0 Å². The van der Waals surface area contributed by atoms with Gasteiger partial charge < -0.3 is 10.8 Å². The number of nitrogens with zero attached hydrogens (tertiary/aromatic N) is 3. The second-order valence-corrected chi connectivity index (χ2v) is 5.76. The first kappa shape index (κ1) is 16.0. The van der Waals surface area contributed by atoms with E-state index in [-0.39, 0.29) is 12.4 Å². The van der Waals surface area contributed by atoms with E-state index in [2.05, 4.69) is 15.3 Å². The van der Waals surface area contributed by atoms with Crippen molar-refractivity contribution in [2.45, 2.75) is 6.61 Å². The van der Waals surface area contributed by atoms with Gasteiger partial charge in [0.1, 0.15) is 11.5 Å². The number of aromatic amines is 1. The number of H-pyrrole nitrogens is 1. The highest BCUT2D eigenvalue weighted by atomic mass is 19.1. The molecule has 1 aromatic carbocycles. The molecule has 26 heavy (non-hydrogen) atoms. The van der Waals surface area contributed by atoms with E-state index in [1.165, 1.54) is 18.3 Å². The van der Waals surface area contributed by atoms with Gasteiger partial charge in [-0.3, -0.25) is 9.89 Å². The highest BCUT2D eigenvalue weighted by Gasteiger charge is 2.18. The summed E-state index contributed by atoms with van der Waals surface area (Å²) in [6.07, 6.45) is 3.10. The fraction of sp³-hybridized carbons (Fsp3) is 0.0556. The average Bonchev–Trinajstić information content (AvgIpc) is 3.25. The number of carbonyl (C=O) groups excluding carboxylic acids is 1. The third-order valence-corrected chi connectivity index (χ3v) is 4.19. The van der Waals surface area contributed by atoms with E-state index in [9.17, 15) is 14.3 Å². The van der Waals surface area contributed by atoms with Crippen LogP contribution in [0.2, 0.25) is 0 Å². The number of hydrogen-bond acceptors (Lipinski definition) is 4. The van der Waals surface area contributed by atoms with E-state index in [1.807, 2.05) is 0 Å². The van der Waals surface area contributed by atoms with Crippen LogP contribution in [0.5, 0.6) is 0 Å². The molecule has 0 saturated heterocycles. The molecule has 3 heterocycles. The highest BCUT2D eigenvalue weighted by Crippen LogP contribution is 2.34. The maximum atomic E-state index is 13.2. The largest absolute Gasteiger partial charge is 0.390 e. The van der Waals surface area contributed by atoms with Gasteiger partial charge in [-0.1, -0.05) is 0 Å². The lowest BCUT2D eigenvalue weighted by Gasteiger charge is -2.07. The van der Waals surface area contributed by atoms with Gasteiger partial charge in [0.2, 0.25) is 0 Å². The van der Waals surface area contributed by atoms with Crippen LogP contribution in [0, 0.1) is 5.82 Å². The zero-order valence-corrected chi connectivity index (χ0v) is 13.5.